The lowest BCUT2D eigenvalue weighted by atomic mass is 9.65. The van der Waals surface area contributed by atoms with E-state index in [0.29, 0.717) is 6.42 Å². The van der Waals surface area contributed by atoms with Crippen LogP contribution in [0.25, 0.3) is 0 Å². The number of ketones is 1. The molecule has 0 unspecified atom stereocenters. The van der Waals surface area contributed by atoms with Crippen LogP contribution in [0.1, 0.15) is 32.6 Å². The van der Waals surface area contributed by atoms with Gasteiger partial charge in [-0.25, -0.2) is 0 Å². The van der Waals surface area contributed by atoms with Crippen LogP contribution in [0.15, 0.2) is 0 Å². The van der Waals surface area contributed by atoms with Crippen molar-refractivity contribution in [3.8, 4) is 0 Å². The summed E-state index contributed by atoms with van der Waals surface area (Å²) in [5.74, 6) is 0.261. The van der Waals surface area contributed by atoms with Crippen molar-refractivity contribution in [2.75, 3.05) is 6.61 Å². The van der Waals surface area contributed by atoms with Gasteiger partial charge in [-0.2, -0.15) is 0 Å². The van der Waals surface area contributed by atoms with Crippen LogP contribution >= 0.6 is 0 Å². The Hall–Kier alpha value is -0.370. The molecule has 1 saturated carbocycles. The van der Waals surface area contributed by atoms with Crippen LogP contribution in [0.2, 0.25) is 0 Å². The van der Waals surface area contributed by atoms with Gasteiger partial charge in [0.1, 0.15) is 5.78 Å². The molecule has 58 valence electrons. The van der Waals surface area contributed by atoms with E-state index in [1.807, 2.05) is 6.92 Å². The van der Waals surface area contributed by atoms with E-state index >= 15 is 0 Å². The molecule has 0 bridgehead atoms. The molecule has 1 rings (SSSR count). The highest BCUT2D eigenvalue weighted by atomic mass is 16.3. The minimum Gasteiger partial charge on any atom is -0.395 e. The smallest absolute Gasteiger partial charge is 0.141 e. The largest absolute Gasteiger partial charge is 0.395 e. The Morgan fingerprint density at radius 3 is 2.50 bits per heavy atom. The fourth-order valence-electron chi connectivity index (χ4n) is 1.57. The molecule has 0 amide bonds. The Labute approximate surface area is 61.2 Å². The first-order chi connectivity index (χ1) is 4.75. The molecule has 0 aromatic heterocycles. The summed E-state index contributed by atoms with van der Waals surface area (Å²) < 4.78 is 0. The highest BCUT2D eigenvalue weighted by Crippen LogP contribution is 2.40. The molecule has 0 aromatic carbocycles. The van der Waals surface area contributed by atoms with Gasteiger partial charge < -0.3 is 5.11 Å². The SMILES string of the molecule is CCC[C@]1(CO)CCC1=O. The Bertz CT molecular complexity index is 138. The van der Waals surface area contributed by atoms with Gasteiger partial charge in [-0.1, -0.05) is 13.3 Å². The first kappa shape index (κ1) is 7.73. The fourth-order valence-corrected chi connectivity index (χ4v) is 1.57. The van der Waals surface area contributed by atoms with Crippen molar-refractivity contribution >= 4 is 5.78 Å². The lowest BCUT2D eigenvalue weighted by Gasteiger charge is -2.38. The summed E-state index contributed by atoms with van der Waals surface area (Å²) in [6.07, 6.45) is 3.44. The summed E-state index contributed by atoms with van der Waals surface area (Å²) in [6.45, 7) is 2.10. The molecule has 0 spiro atoms. The predicted molar refractivity (Wildman–Crippen MR) is 38.7 cm³/mol. The molecule has 2 heteroatoms. The molecule has 1 aliphatic carbocycles. The molecule has 0 heterocycles. The van der Waals surface area contributed by atoms with Gasteiger partial charge in [0.2, 0.25) is 0 Å². The van der Waals surface area contributed by atoms with Crippen molar-refractivity contribution in [3.63, 3.8) is 0 Å². The lowest BCUT2D eigenvalue weighted by molar-refractivity contribution is -0.142. The van der Waals surface area contributed by atoms with Gasteiger partial charge in [-0.3, -0.25) is 4.79 Å². The summed E-state index contributed by atoms with van der Waals surface area (Å²) in [5.41, 5.74) is -0.311. The Kier molecular flexibility index (Phi) is 2.09. The highest BCUT2D eigenvalue weighted by molar-refractivity contribution is 5.90. The van der Waals surface area contributed by atoms with E-state index in [1.165, 1.54) is 0 Å². The Morgan fingerprint density at radius 2 is 2.40 bits per heavy atom. The van der Waals surface area contributed by atoms with Gasteiger partial charge in [-0.05, 0) is 12.8 Å². The third-order valence-corrected chi connectivity index (χ3v) is 2.45. The average molecular weight is 142 g/mol. The van der Waals surface area contributed by atoms with Crippen LogP contribution in [0.5, 0.6) is 0 Å². The molecule has 1 N–H and O–H groups in total. The molecular formula is C8H14O2. The second-order valence-electron chi connectivity index (χ2n) is 3.11. The molecule has 1 fully saturated rings. The first-order valence-corrected chi connectivity index (χ1v) is 3.89. The Balaban J connectivity index is 2.51. The van der Waals surface area contributed by atoms with E-state index in [4.69, 9.17) is 5.11 Å². The number of hydrogen-bond acceptors (Lipinski definition) is 2. The zero-order valence-corrected chi connectivity index (χ0v) is 6.39. The number of carbonyl (C=O) groups excluding carboxylic acids is 1. The fraction of sp³-hybridized carbons (Fsp3) is 0.875. The number of Topliss-reactive ketones (excluding diaryl/α,β-unsaturated/α-hetero) is 1. The van der Waals surface area contributed by atoms with Crippen LogP contribution in [0.3, 0.4) is 0 Å². The van der Waals surface area contributed by atoms with Gasteiger partial charge in [0.15, 0.2) is 0 Å². The van der Waals surface area contributed by atoms with Crippen molar-refractivity contribution in [3.05, 3.63) is 0 Å². The standard InChI is InChI=1S/C8H14O2/c1-2-4-8(6-9)5-3-7(8)10/h9H,2-6H2,1H3/t8-/m1/s1. The molecule has 1 atom stereocenters. The quantitative estimate of drug-likeness (QED) is 0.641. The second-order valence-corrected chi connectivity index (χ2v) is 3.11. The molecule has 2 nitrogen and oxygen atoms in total. The number of carbonyl (C=O) groups is 1. The second kappa shape index (κ2) is 2.70. The van der Waals surface area contributed by atoms with Gasteiger partial charge in [0.25, 0.3) is 0 Å². The van der Waals surface area contributed by atoms with Crippen molar-refractivity contribution in [1.82, 2.24) is 0 Å². The van der Waals surface area contributed by atoms with Crippen molar-refractivity contribution in [1.29, 1.82) is 0 Å². The zero-order valence-electron chi connectivity index (χ0n) is 6.39. The molecule has 0 saturated heterocycles. The van der Waals surface area contributed by atoms with Crippen LogP contribution in [-0.2, 0) is 4.79 Å². The number of aliphatic hydroxyl groups excluding tert-OH is 1. The summed E-state index contributed by atoms with van der Waals surface area (Å²) in [4.78, 5) is 11.0. The monoisotopic (exact) mass is 142 g/mol. The first-order valence-electron chi connectivity index (χ1n) is 3.89. The van der Waals surface area contributed by atoms with Gasteiger partial charge in [0.05, 0.1) is 12.0 Å². The maximum atomic E-state index is 11.0. The molecule has 10 heavy (non-hydrogen) atoms. The number of rotatable bonds is 3. The minimum absolute atomic E-state index is 0.0552. The van der Waals surface area contributed by atoms with E-state index in [9.17, 15) is 4.79 Å². The molecule has 0 radical (unpaired) electrons. The van der Waals surface area contributed by atoms with Crippen LogP contribution < -0.4 is 0 Å². The molecule has 0 aromatic rings. The average Bonchev–Trinajstić information content (AvgIpc) is 1.97. The third-order valence-electron chi connectivity index (χ3n) is 2.45. The number of aliphatic hydroxyl groups is 1. The molecular weight excluding hydrogens is 128 g/mol. The van der Waals surface area contributed by atoms with E-state index in [0.717, 1.165) is 19.3 Å². The zero-order chi connectivity index (χ0) is 7.61. The van der Waals surface area contributed by atoms with E-state index in [2.05, 4.69) is 0 Å². The third kappa shape index (κ3) is 0.966. The van der Waals surface area contributed by atoms with Gasteiger partial charge >= 0.3 is 0 Å². The lowest BCUT2D eigenvalue weighted by Crippen LogP contribution is -2.43. The highest BCUT2D eigenvalue weighted by Gasteiger charge is 2.44. The van der Waals surface area contributed by atoms with Crippen molar-refractivity contribution in [2.24, 2.45) is 5.41 Å². The summed E-state index contributed by atoms with van der Waals surface area (Å²) >= 11 is 0. The van der Waals surface area contributed by atoms with Crippen LogP contribution in [0.4, 0.5) is 0 Å². The minimum atomic E-state index is -0.311. The van der Waals surface area contributed by atoms with E-state index < -0.39 is 0 Å². The summed E-state index contributed by atoms with van der Waals surface area (Å²) in [7, 11) is 0. The van der Waals surface area contributed by atoms with E-state index in [-0.39, 0.29) is 17.8 Å². The van der Waals surface area contributed by atoms with Crippen molar-refractivity contribution < 1.29 is 9.90 Å². The summed E-state index contributed by atoms with van der Waals surface area (Å²) in [5, 5.41) is 8.92. The normalized spacial score (nSPS) is 32.0. The van der Waals surface area contributed by atoms with Crippen molar-refractivity contribution in [2.45, 2.75) is 32.6 Å². The predicted octanol–water partition coefficient (Wildman–Crippen LogP) is 1.13. The van der Waals surface area contributed by atoms with Gasteiger partial charge in [-0.15, -0.1) is 0 Å². The van der Waals surface area contributed by atoms with Crippen LogP contribution in [0, 0.1) is 5.41 Å². The molecule has 1 aliphatic rings. The Morgan fingerprint density at radius 1 is 1.70 bits per heavy atom. The number of hydrogen-bond donors (Lipinski definition) is 1. The summed E-state index contributed by atoms with van der Waals surface area (Å²) in [6, 6.07) is 0. The maximum Gasteiger partial charge on any atom is 0.141 e. The topological polar surface area (TPSA) is 37.3 Å². The van der Waals surface area contributed by atoms with E-state index in [1.54, 1.807) is 0 Å². The molecule has 0 aliphatic heterocycles. The maximum absolute atomic E-state index is 11.0. The van der Waals surface area contributed by atoms with Crippen LogP contribution in [-0.4, -0.2) is 17.5 Å². The van der Waals surface area contributed by atoms with Gasteiger partial charge in [0, 0.05) is 6.42 Å².